The first-order valence-electron chi connectivity index (χ1n) is 47.8. The summed E-state index contributed by atoms with van der Waals surface area (Å²) >= 11 is 5.95. The average molecular weight is 1860 g/mol. The van der Waals surface area contributed by atoms with Crippen LogP contribution in [0.3, 0.4) is 0 Å². The lowest BCUT2D eigenvalue weighted by molar-refractivity contribution is -0.186. The Labute approximate surface area is 790 Å². The second-order valence-corrected chi connectivity index (χ2v) is 37.0. The van der Waals surface area contributed by atoms with Crippen molar-refractivity contribution < 1.29 is 101 Å². The molecule has 7 rings (SSSR count). The lowest BCUT2D eigenvalue weighted by Crippen LogP contribution is -2.58. The molecule has 24 nitrogen and oxygen atoms in total. The maximum atomic E-state index is 15.3. The summed E-state index contributed by atoms with van der Waals surface area (Å²) in [5, 5.41) is 27.2. The van der Waals surface area contributed by atoms with Crippen LogP contribution in [0.1, 0.15) is 298 Å². The van der Waals surface area contributed by atoms with Gasteiger partial charge in [0.15, 0.2) is 28.4 Å². The Hall–Kier alpha value is -7.40. The second-order valence-electron chi connectivity index (χ2n) is 36.6. The number of carbonyl (C=O) groups excluding carboxylic acids is 6. The first kappa shape index (κ1) is 115. The van der Waals surface area contributed by atoms with Crippen LogP contribution in [0.5, 0.6) is 11.5 Å². The van der Waals surface area contributed by atoms with Crippen LogP contribution in [-0.4, -0.2) is 189 Å². The summed E-state index contributed by atoms with van der Waals surface area (Å²) in [5.41, 5.74) is 1.62. The van der Waals surface area contributed by atoms with Gasteiger partial charge in [-0.3, -0.25) is 19.3 Å². The van der Waals surface area contributed by atoms with Crippen LogP contribution in [0, 0.1) is 17.8 Å². The fourth-order valence-corrected chi connectivity index (χ4v) is 16.7. The zero-order valence-corrected chi connectivity index (χ0v) is 83.1. The zero-order chi connectivity index (χ0) is 94.8. The molecule has 2 amide bonds. The quantitative estimate of drug-likeness (QED) is 0.0105. The number of hydrogen-bond donors (Lipinski definition) is 4. The fourth-order valence-electron chi connectivity index (χ4n) is 16.3. The van der Waals surface area contributed by atoms with Crippen LogP contribution >= 0.6 is 24.6 Å². The Balaban J connectivity index is 0.000000454. The van der Waals surface area contributed by atoms with Gasteiger partial charge in [-0.05, 0) is 166 Å². The molecular formula is C104H162ClN3O21S. The van der Waals surface area contributed by atoms with Crippen molar-refractivity contribution in [1.29, 1.82) is 0 Å². The number of hydrogen-bond acceptors (Lipinski definition) is 23. The molecule has 4 aromatic carbocycles. The number of benzene rings is 4. The number of methoxy groups -OCH3 is 4. The molecule has 0 spiro atoms. The van der Waals surface area contributed by atoms with Gasteiger partial charge in [0.25, 0.3) is 5.17 Å². The number of rotatable bonds is 58. The minimum atomic E-state index is -2.27. The first-order valence-corrected chi connectivity index (χ1v) is 48.3. The largest absolute Gasteiger partial charge is 0.494 e. The predicted molar refractivity (Wildman–Crippen MR) is 516 cm³/mol. The van der Waals surface area contributed by atoms with Crippen molar-refractivity contribution in [3.63, 3.8) is 0 Å². The molecule has 0 saturated carbocycles. The molecule has 0 bridgehead atoms. The minimum absolute atomic E-state index is 0. The summed E-state index contributed by atoms with van der Waals surface area (Å²) in [6.45, 7) is 27.0. The Kier molecular flexibility index (Phi) is 53.7. The normalized spacial score (nSPS) is 17.0. The van der Waals surface area contributed by atoms with Crippen LogP contribution in [0.4, 0.5) is 0 Å². The van der Waals surface area contributed by atoms with Gasteiger partial charge in [-0.1, -0.05) is 241 Å². The van der Waals surface area contributed by atoms with Crippen LogP contribution in [-0.2, 0) is 99.3 Å². The Morgan fingerprint density at radius 3 is 1.24 bits per heavy atom. The number of halogens is 1. The molecule has 7 atom stereocenters. The van der Waals surface area contributed by atoms with Crippen LogP contribution in [0.15, 0.2) is 133 Å². The highest BCUT2D eigenvalue weighted by Gasteiger charge is 2.61. The Morgan fingerprint density at radius 2 is 0.869 bits per heavy atom. The van der Waals surface area contributed by atoms with E-state index in [9.17, 15) is 34.2 Å². The topological polar surface area (TPSA) is 304 Å². The average Bonchev–Trinajstić information content (AvgIpc) is 1.55. The molecule has 3 aliphatic heterocycles. The van der Waals surface area contributed by atoms with E-state index >= 15 is 4.79 Å². The van der Waals surface area contributed by atoms with Gasteiger partial charge in [-0.15, -0.1) is 12.4 Å². The third-order valence-electron chi connectivity index (χ3n) is 23.4. The van der Waals surface area contributed by atoms with Crippen molar-refractivity contribution in [1.82, 2.24) is 10.2 Å². The van der Waals surface area contributed by atoms with E-state index in [0.717, 1.165) is 150 Å². The van der Waals surface area contributed by atoms with Crippen LogP contribution in [0.2, 0.25) is 0 Å². The number of amides is 2. The van der Waals surface area contributed by atoms with Crippen molar-refractivity contribution in [3.05, 3.63) is 156 Å². The molecule has 0 radical (unpaired) electrons. The van der Waals surface area contributed by atoms with Crippen molar-refractivity contribution in [2.24, 2.45) is 23.5 Å². The van der Waals surface area contributed by atoms with Crippen LogP contribution in [0.25, 0.3) is 0 Å². The van der Waals surface area contributed by atoms with Gasteiger partial charge in [-0.2, -0.15) is 0 Å². The van der Waals surface area contributed by atoms with Crippen molar-refractivity contribution >= 4 is 65.5 Å². The van der Waals surface area contributed by atoms with Crippen LogP contribution < -0.4 is 20.5 Å². The molecule has 5 N–H and O–H groups in total. The molecular weight excluding hydrogens is 1690 g/mol. The lowest BCUT2D eigenvalue weighted by atomic mass is 9.75. The van der Waals surface area contributed by atoms with E-state index in [1.807, 2.05) is 135 Å². The molecule has 3 fully saturated rings. The van der Waals surface area contributed by atoms with E-state index in [1.54, 1.807) is 53.7 Å². The first-order chi connectivity index (χ1) is 61.7. The van der Waals surface area contributed by atoms with Gasteiger partial charge in [0.1, 0.15) is 34.8 Å². The molecule has 3 saturated heterocycles. The van der Waals surface area contributed by atoms with E-state index in [0.29, 0.717) is 58.0 Å². The highest BCUT2D eigenvalue weighted by Crippen LogP contribution is 2.49. The maximum absolute atomic E-state index is 15.3. The monoisotopic (exact) mass is 1860 g/mol. The molecule has 4 aromatic rings. The molecule has 130 heavy (non-hydrogen) atoms. The van der Waals surface area contributed by atoms with Gasteiger partial charge in [-0.25, -0.2) is 14.4 Å². The molecule has 26 heteroatoms. The zero-order valence-electron chi connectivity index (χ0n) is 81.4. The third kappa shape index (κ3) is 38.5. The second kappa shape index (κ2) is 60.8. The van der Waals surface area contributed by atoms with Gasteiger partial charge in [0.05, 0.1) is 71.7 Å². The molecule has 3 heterocycles. The number of esters is 4. The van der Waals surface area contributed by atoms with E-state index < -0.39 is 105 Å². The third-order valence-corrected chi connectivity index (χ3v) is 23.7. The van der Waals surface area contributed by atoms with E-state index in [4.69, 9.17) is 74.8 Å². The summed E-state index contributed by atoms with van der Waals surface area (Å²) in [5.74, 6) is -6.34. The molecule has 0 aliphatic carbocycles. The lowest BCUT2D eigenvalue weighted by Gasteiger charge is -2.40. The molecule has 0 aromatic heterocycles. The number of unbranched alkanes of at least 4 members (excludes halogenated alkanes) is 18. The van der Waals surface area contributed by atoms with Crippen molar-refractivity contribution in [3.8, 4) is 11.5 Å². The number of ether oxygens (including phenoxy) is 13. The number of nitrogens with two attached hydrogens (primary N) is 1. The molecule has 732 valence electrons. The number of carbonyl (C=O) groups is 6. The summed E-state index contributed by atoms with van der Waals surface area (Å²) in [7, 11) is 5.54. The summed E-state index contributed by atoms with van der Waals surface area (Å²) < 4.78 is 74.2. The Morgan fingerprint density at radius 1 is 0.500 bits per heavy atom. The maximum Gasteiger partial charge on any atom is 0.339 e. The molecule has 3 aliphatic rings. The number of nitrogens with zero attached hydrogens (tertiary/aromatic N) is 1. The van der Waals surface area contributed by atoms with E-state index in [2.05, 4.69) is 37.7 Å². The van der Waals surface area contributed by atoms with Gasteiger partial charge in [0.2, 0.25) is 11.8 Å². The van der Waals surface area contributed by atoms with Gasteiger partial charge in [0, 0.05) is 83.5 Å². The van der Waals surface area contributed by atoms with Crippen molar-refractivity contribution in [2.45, 2.75) is 346 Å². The summed E-state index contributed by atoms with van der Waals surface area (Å²) in [6, 6.07) is 32.2. The standard InChI is InChI=1S/C47H69NO8S.C43H71NO10.C14H21NO3.ClH/c1-8-9-10-14-23-30-45(53-34-35-54-45)31-24-15-12-11-13-22-29-39(46(51,32-33-52-7)42(50)55-44(4,5)6)41(49)48-40(36(2)3)47(56-43(48)57,37-25-18-16-19-26-37)38-27-20-17-21-28-38;1-8-10-12-16-19-26-42(52-31-32-53-42)27-20-17-14-13-15-18-21-36(43(48,28-30-49-6)40(47)54-41(3,4)5)38(45)44-37(39(46)50-7)33-34-22-24-35(25-23-34)51-29-11-9-2;1-3-4-9-18-12-7-5-11(6-8-12)10-13(15)14(16)17-2;/h16-22,25-29,36,39-40,51H,8-15,23-24,30-35H2,1-7H3;18,21-25,36-37,48H,8-17,19-20,26-33H2,1-7H3,(H,44,45);5-8,13H,3-4,9-10,15H2,1-2H3;1H/b29-22+;21-18+;;/t39-,40+,46+;36-,37?,43+;;/m11../s1. The number of nitrogens with one attached hydrogen (secondary N) is 1. The highest BCUT2D eigenvalue weighted by molar-refractivity contribution is 7.80. The smallest absolute Gasteiger partial charge is 0.339 e. The van der Waals surface area contributed by atoms with E-state index in [-0.39, 0.29) is 56.0 Å². The summed E-state index contributed by atoms with van der Waals surface area (Å²) in [4.78, 5) is 82.7. The SMILES string of the molecule is CCCCCCCC1(CCCCCC/C=C/[C@H](C(=O)N2C(=S)OC(c3ccccc3)(c3ccccc3)[C@@H]2C(C)C)[C@@](O)(CCOC)C(=O)OC(C)(C)C)OCCO1.CCCCCCCC1(CCCCCC/C=C/[C@H](C(=O)NC(Cc2ccc(OCCCC)cc2)C(=O)OC)[C@@](O)(CCOC)C(=O)OC(C)(C)C)OCCO1.CCCCOc1ccc(CC(N)C(=O)OC)cc1.Cl. The van der Waals surface area contributed by atoms with Gasteiger partial charge < -0.3 is 82.8 Å². The Bertz CT molecular complexity index is 3860. The number of thiocarbonyl (C=S) groups is 1. The molecule has 2 unspecified atom stereocenters. The van der Waals surface area contributed by atoms with E-state index in [1.165, 1.54) is 84.7 Å². The number of allylic oxidation sites excluding steroid dienone is 2. The fraction of sp³-hybridized carbons (Fsp3) is 0.663. The highest BCUT2D eigenvalue weighted by atomic mass is 35.5. The predicted octanol–water partition coefficient (Wildman–Crippen LogP) is 19.9. The summed E-state index contributed by atoms with van der Waals surface area (Å²) in [6.07, 6.45) is 36.0. The van der Waals surface area contributed by atoms with Gasteiger partial charge >= 0.3 is 23.9 Å². The van der Waals surface area contributed by atoms with Crippen molar-refractivity contribution in [2.75, 3.05) is 81.3 Å². The number of aliphatic hydroxyl groups is 2. The minimum Gasteiger partial charge on any atom is -0.494 e.